The minimum absolute atomic E-state index is 0.132. The van der Waals surface area contributed by atoms with Crippen LogP contribution in [0.1, 0.15) is 37.1 Å². The second-order valence-corrected chi connectivity index (χ2v) is 12.8. The van der Waals surface area contributed by atoms with Crippen LogP contribution in [0.5, 0.6) is 0 Å². The van der Waals surface area contributed by atoms with E-state index in [0.717, 1.165) is 41.6 Å². The predicted octanol–water partition coefficient (Wildman–Crippen LogP) is 5.86. The lowest BCUT2D eigenvalue weighted by Crippen LogP contribution is -2.37. The van der Waals surface area contributed by atoms with Crippen molar-refractivity contribution in [3.63, 3.8) is 0 Å². The molecule has 3 aromatic rings. The molecule has 0 amide bonds. The van der Waals surface area contributed by atoms with E-state index in [1.165, 1.54) is 0 Å². The Morgan fingerprint density at radius 1 is 1.23 bits per heavy atom. The Labute approximate surface area is 272 Å². The van der Waals surface area contributed by atoms with Crippen molar-refractivity contribution >= 4 is 81.2 Å². The number of pyridine rings is 2. The summed E-state index contributed by atoms with van der Waals surface area (Å²) in [5.41, 5.74) is 10.7. The van der Waals surface area contributed by atoms with E-state index in [0.29, 0.717) is 40.1 Å². The van der Waals surface area contributed by atoms with Gasteiger partial charge in [0.05, 0.1) is 17.9 Å². The number of anilines is 6. The molecule has 0 spiro atoms. The molecule has 3 heterocycles. The fraction of sp³-hybridized carbons (Fsp3) is 0.345. The number of amidine groups is 1. The number of nitrogens with two attached hydrogens (primary N) is 2. The lowest BCUT2D eigenvalue weighted by Gasteiger charge is -2.33. The van der Waals surface area contributed by atoms with Gasteiger partial charge in [-0.05, 0) is 71.8 Å². The quantitative estimate of drug-likeness (QED) is 0.0419. The van der Waals surface area contributed by atoms with E-state index < -0.39 is 6.17 Å². The summed E-state index contributed by atoms with van der Waals surface area (Å²) in [5, 5.41) is 21.8. The fourth-order valence-corrected chi connectivity index (χ4v) is 6.29. The van der Waals surface area contributed by atoms with Crippen LogP contribution in [-0.4, -0.2) is 60.5 Å². The van der Waals surface area contributed by atoms with Gasteiger partial charge in [0.15, 0.2) is 17.3 Å². The lowest BCUT2D eigenvalue weighted by molar-refractivity contribution is 0.265. The summed E-state index contributed by atoms with van der Waals surface area (Å²) in [6.07, 6.45) is 0.181. The monoisotopic (exact) mass is 730 g/mol. The van der Waals surface area contributed by atoms with Crippen molar-refractivity contribution in [2.75, 3.05) is 46.9 Å². The van der Waals surface area contributed by atoms with Gasteiger partial charge in [-0.2, -0.15) is 5.26 Å². The first kappa shape index (κ1) is 33.1. The molecular formula is C29H37FIN12P. The van der Waals surface area contributed by atoms with Gasteiger partial charge in [-0.15, -0.1) is 5.10 Å². The minimum Gasteiger partial charge on any atom is -0.382 e. The third-order valence-electron chi connectivity index (χ3n) is 7.15. The van der Waals surface area contributed by atoms with Crippen LogP contribution < -0.4 is 31.8 Å². The van der Waals surface area contributed by atoms with Crippen LogP contribution in [0.3, 0.4) is 0 Å². The third kappa shape index (κ3) is 7.64. The number of aromatic nitrogens is 2. The summed E-state index contributed by atoms with van der Waals surface area (Å²) >= 11 is 2.22. The first-order valence-electron chi connectivity index (χ1n) is 14.0. The molecule has 0 aliphatic carbocycles. The molecule has 0 saturated carbocycles. The van der Waals surface area contributed by atoms with Crippen molar-refractivity contribution in [1.29, 1.82) is 5.26 Å². The van der Waals surface area contributed by atoms with Crippen molar-refractivity contribution < 1.29 is 4.39 Å². The van der Waals surface area contributed by atoms with E-state index >= 15 is 4.39 Å². The fourth-order valence-electron chi connectivity index (χ4n) is 4.54. The highest BCUT2D eigenvalue weighted by Crippen LogP contribution is 2.44. The number of nitriles is 1. The first-order chi connectivity index (χ1) is 21.1. The predicted molar refractivity (Wildman–Crippen MR) is 189 cm³/mol. The van der Waals surface area contributed by atoms with Crippen molar-refractivity contribution in [2.45, 2.75) is 33.4 Å². The highest BCUT2D eigenvalue weighted by molar-refractivity contribution is 14.2. The van der Waals surface area contributed by atoms with Crippen molar-refractivity contribution in [1.82, 2.24) is 15.1 Å². The number of nitrogens with zero attached hydrogens (tertiary/aromatic N) is 8. The van der Waals surface area contributed by atoms with E-state index in [2.05, 4.69) is 65.4 Å². The SMILES string of the molecule is C=Nc1c(Nc2cccc(/C(N)=N/N(C)N)c2C)cc(Nc2ccc(N3CCC3)c(C#N)n2)nc1N(CC(F)C(C)C)PI. The molecule has 6 N–H and O–H groups in total. The molecule has 12 nitrogen and oxygen atoms in total. The average molecular weight is 731 g/mol. The Balaban J connectivity index is 1.80. The zero-order valence-electron chi connectivity index (χ0n) is 25.1. The van der Waals surface area contributed by atoms with Gasteiger partial charge in [-0.1, -0.05) is 26.0 Å². The molecule has 44 heavy (non-hydrogen) atoms. The summed E-state index contributed by atoms with van der Waals surface area (Å²) in [6.45, 7) is 11.4. The Morgan fingerprint density at radius 2 is 1.98 bits per heavy atom. The van der Waals surface area contributed by atoms with Gasteiger partial charge < -0.3 is 25.9 Å². The van der Waals surface area contributed by atoms with Gasteiger partial charge in [-0.3, -0.25) is 4.99 Å². The number of hydrazone groups is 1. The van der Waals surface area contributed by atoms with Crippen LogP contribution in [0.25, 0.3) is 0 Å². The van der Waals surface area contributed by atoms with E-state index in [4.69, 9.17) is 16.6 Å². The summed E-state index contributed by atoms with van der Waals surface area (Å²) in [6, 6.07) is 13.3. The maximum atomic E-state index is 15.0. The van der Waals surface area contributed by atoms with E-state index in [-0.39, 0.29) is 24.7 Å². The molecule has 2 atom stereocenters. The lowest BCUT2D eigenvalue weighted by atomic mass is 10.1. The zero-order valence-corrected chi connectivity index (χ0v) is 28.3. The van der Waals surface area contributed by atoms with E-state index in [1.807, 2.05) is 55.8 Å². The van der Waals surface area contributed by atoms with Crippen molar-refractivity contribution in [3.05, 3.63) is 53.2 Å². The van der Waals surface area contributed by atoms with Gasteiger partial charge in [0.1, 0.15) is 29.6 Å². The Morgan fingerprint density at radius 3 is 2.57 bits per heavy atom. The maximum absolute atomic E-state index is 15.0. The summed E-state index contributed by atoms with van der Waals surface area (Å²) in [5.74, 6) is 7.12. The number of hydrogen-bond donors (Lipinski definition) is 4. The molecule has 4 rings (SSSR count). The summed E-state index contributed by atoms with van der Waals surface area (Å²) in [7, 11) is 1.59. The number of halogens is 2. The van der Waals surface area contributed by atoms with Gasteiger partial charge >= 0.3 is 0 Å². The molecule has 1 saturated heterocycles. The number of rotatable bonds is 13. The molecule has 1 fully saturated rings. The first-order valence-corrected chi connectivity index (χ1v) is 18.0. The van der Waals surface area contributed by atoms with Gasteiger partial charge in [0, 0.05) is 43.8 Å². The minimum atomic E-state index is -1.08. The number of aliphatic imine (C=N–C) groups is 1. The zero-order chi connectivity index (χ0) is 32.0. The van der Waals surface area contributed by atoms with Gasteiger partial charge in [0.25, 0.3) is 0 Å². The number of hydrogen-bond acceptors (Lipinski definition) is 11. The van der Waals surface area contributed by atoms with Crippen LogP contribution in [-0.2, 0) is 0 Å². The van der Waals surface area contributed by atoms with Crippen LogP contribution >= 0.6 is 28.4 Å². The number of nitrogens with one attached hydrogen (secondary N) is 2. The summed E-state index contributed by atoms with van der Waals surface area (Å²) in [4.78, 5) is 15.9. The van der Waals surface area contributed by atoms with Crippen LogP contribution in [0.2, 0.25) is 0 Å². The molecule has 2 aromatic heterocycles. The molecule has 15 heteroatoms. The Hall–Kier alpha value is -3.80. The maximum Gasteiger partial charge on any atom is 0.166 e. The molecule has 0 radical (unpaired) electrons. The average Bonchev–Trinajstić information content (AvgIpc) is 2.96. The van der Waals surface area contributed by atoms with Crippen LogP contribution in [0, 0.1) is 24.2 Å². The third-order valence-corrected chi connectivity index (χ3v) is 9.49. The summed E-state index contributed by atoms with van der Waals surface area (Å²) < 4.78 is 16.9. The largest absolute Gasteiger partial charge is 0.382 e. The number of alkyl halides is 1. The second kappa shape index (κ2) is 14.8. The standard InChI is InChI=1S/C29H37FIN12P/c1-17(2)20(30)16-43(44-31)29-27(35-4)22(36-21-9-6-8-19(18(21)3)28(33)40-41(5)34)14-26(39-29)38-25-11-10-24(23(15-32)37-25)42-12-7-13-42/h6,8-11,14,17,20,44H,4,7,12-13,16,34H2,1-3,5H3,(H2,33,40)(H2,36,37,38,39). The van der Waals surface area contributed by atoms with Gasteiger partial charge in [-0.25, -0.2) is 25.3 Å². The topological polar surface area (TPSA) is 160 Å². The van der Waals surface area contributed by atoms with Gasteiger partial charge in [0.2, 0.25) is 0 Å². The molecule has 1 aliphatic heterocycles. The molecule has 1 aromatic carbocycles. The van der Waals surface area contributed by atoms with E-state index in [1.54, 1.807) is 13.1 Å². The number of hydrazine groups is 1. The highest BCUT2D eigenvalue weighted by atomic mass is 127. The van der Waals surface area contributed by atoms with E-state index in [9.17, 15) is 5.26 Å². The molecule has 0 bridgehead atoms. The Bertz CT molecular complexity index is 1570. The van der Waals surface area contributed by atoms with Crippen LogP contribution in [0.4, 0.5) is 44.6 Å². The van der Waals surface area contributed by atoms with Crippen molar-refractivity contribution in [2.24, 2.45) is 27.6 Å². The highest BCUT2D eigenvalue weighted by Gasteiger charge is 2.24. The van der Waals surface area contributed by atoms with Crippen LogP contribution in [0.15, 0.2) is 46.5 Å². The molecule has 232 valence electrons. The smallest absolute Gasteiger partial charge is 0.166 e. The van der Waals surface area contributed by atoms with Crippen molar-refractivity contribution in [3.8, 4) is 6.07 Å². The second-order valence-electron chi connectivity index (χ2n) is 10.6. The Kier molecular flexibility index (Phi) is 11.1. The number of benzene rings is 1. The normalized spacial score (nSPS) is 13.9. The molecule has 1 aliphatic rings. The molecular weight excluding hydrogens is 693 g/mol. The molecule has 2 unspecified atom stereocenters.